The predicted molar refractivity (Wildman–Crippen MR) is 101 cm³/mol. The topological polar surface area (TPSA) is 69.0 Å². The summed E-state index contributed by atoms with van der Waals surface area (Å²) in [6.45, 7) is 5.76. The third-order valence-corrected chi connectivity index (χ3v) is 4.50. The van der Waals surface area contributed by atoms with Crippen molar-refractivity contribution in [3.63, 3.8) is 0 Å². The van der Waals surface area contributed by atoms with Gasteiger partial charge in [0.2, 0.25) is 5.88 Å². The van der Waals surface area contributed by atoms with E-state index in [-0.39, 0.29) is 18.6 Å². The summed E-state index contributed by atoms with van der Waals surface area (Å²) in [6, 6.07) is 9.72. The van der Waals surface area contributed by atoms with Gasteiger partial charge in [0.1, 0.15) is 0 Å². The molecule has 1 unspecified atom stereocenters. The van der Waals surface area contributed by atoms with Crippen LogP contribution < -0.4 is 10.1 Å². The van der Waals surface area contributed by atoms with Crippen molar-refractivity contribution in [3.05, 3.63) is 52.2 Å². The van der Waals surface area contributed by atoms with Gasteiger partial charge in [-0.3, -0.25) is 4.79 Å². The van der Waals surface area contributed by atoms with Gasteiger partial charge in [-0.15, -0.1) is 0 Å². The minimum Gasteiger partial charge on any atom is -0.468 e. The van der Waals surface area contributed by atoms with Gasteiger partial charge in [0.05, 0.1) is 11.4 Å². The Bertz CT molecular complexity index is 950. The molecule has 0 spiro atoms. The number of nitrogens with one attached hydrogen (secondary N) is 1. The summed E-state index contributed by atoms with van der Waals surface area (Å²) in [5.74, 6) is 0.161. The molecule has 0 radical (unpaired) electrons. The van der Waals surface area contributed by atoms with Crippen molar-refractivity contribution in [1.29, 1.82) is 0 Å². The van der Waals surface area contributed by atoms with Crippen LogP contribution in [0, 0.1) is 13.8 Å². The van der Waals surface area contributed by atoms with Gasteiger partial charge >= 0.3 is 0 Å². The van der Waals surface area contributed by atoms with E-state index in [9.17, 15) is 4.79 Å². The zero-order valence-corrected chi connectivity index (χ0v) is 16.0. The van der Waals surface area contributed by atoms with E-state index in [1.165, 1.54) is 5.56 Å². The Labute approximate surface area is 157 Å². The maximum absolute atomic E-state index is 12.2. The molecule has 0 saturated heterocycles. The van der Waals surface area contributed by atoms with Gasteiger partial charge in [0.25, 0.3) is 5.91 Å². The number of nitrogens with zero attached hydrogens (tertiary/aromatic N) is 3. The average molecular weight is 373 g/mol. The van der Waals surface area contributed by atoms with Crippen LogP contribution in [0.2, 0.25) is 5.15 Å². The molecular formula is C19H21ClN4O2. The molecule has 2 heterocycles. The van der Waals surface area contributed by atoms with E-state index in [1.807, 2.05) is 45.0 Å². The minimum atomic E-state index is -0.208. The van der Waals surface area contributed by atoms with E-state index in [2.05, 4.69) is 15.4 Å². The number of hydrogen-bond donors (Lipinski definition) is 1. The van der Waals surface area contributed by atoms with Crippen molar-refractivity contribution in [3.8, 4) is 5.88 Å². The van der Waals surface area contributed by atoms with Gasteiger partial charge in [-0.2, -0.15) is 10.1 Å². The molecular weight excluding hydrogens is 352 g/mol. The quantitative estimate of drug-likeness (QED) is 0.744. The number of fused-ring (bicyclic) bond motifs is 1. The van der Waals surface area contributed by atoms with Gasteiger partial charge in [0.15, 0.2) is 17.4 Å². The normalized spacial score (nSPS) is 12.2. The first-order valence-electron chi connectivity index (χ1n) is 8.33. The zero-order chi connectivity index (χ0) is 18.8. The van der Waals surface area contributed by atoms with Crippen molar-refractivity contribution >= 4 is 28.5 Å². The first-order chi connectivity index (χ1) is 12.3. The predicted octanol–water partition coefficient (Wildman–Crippen LogP) is 3.49. The van der Waals surface area contributed by atoms with Gasteiger partial charge < -0.3 is 10.1 Å². The summed E-state index contributed by atoms with van der Waals surface area (Å²) >= 11 is 6.11. The lowest BCUT2D eigenvalue weighted by molar-refractivity contribution is -0.123. The number of amides is 1. The van der Waals surface area contributed by atoms with Crippen LogP contribution in [-0.2, 0) is 11.8 Å². The molecule has 0 bridgehead atoms. The largest absolute Gasteiger partial charge is 0.468 e. The Balaban J connectivity index is 1.65. The van der Waals surface area contributed by atoms with Crippen LogP contribution in [0.15, 0.2) is 30.3 Å². The fraction of sp³-hybridized carbons (Fsp3) is 0.316. The van der Waals surface area contributed by atoms with Crippen LogP contribution in [0.3, 0.4) is 0 Å². The van der Waals surface area contributed by atoms with Gasteiger partial charge in [0, 0.05) is 13.1 Å². The van der Waals surface area contributed by atoms with E-state index in [0.717, 1.165) is 16.5 Å². The molecule has 1 amide bonds. The van der Waals surface area contributed by atoms with Crippen molar-refractivity contribution < 1.29 is 9.53 Å². The van der Waals surface area contributed by atoms with Crippen LogP contribution in [-0.4, -0.2) is 27.3 Å². The molecule has 2 aromatic heterocycles. The highest BCUT2D eigenvalue weighted by Crippen LogP contribution is 2.27. The van der Waals surface area contributed by atoms with Crippen molar-refractivity contribution in [2.45, 2.75) is 26.8 Å². The van der Waals surface area contributed by atoms with Crippen LogP contribution in [0.1, 0.15) is 29.7 Å². The molecule has 0 saturated carbocycles. The summed E-state index contributed by atoms with van der Waals surface area (Å²) in [5, 5.41) is 8.27. The highest BCUT2D eigenvalue weighted by Gasteiger charge is 2.14. The first-order valence-corrected chi connectivity index (χ1v) is 8.71. The number of halogens is 1. The third-order valence-electron chi connectivity index (χ3n) is 4.23. The molecule has 136 valence electrons. The fourth-order valence-electron chi connectivity index (χ4n) is 2.78. The Hall–Kier alpha value is -2.60. The van der Waals surface area contributed by atoms with Gasteiger partial charge in [-0.1, -0.05) is 41.4 Å². The number of carbonyl (C=O) groups is 1. The summed E-state index contributed by atoms with van der Waals surface area (Å²) in [5.41, 5.74) is 3.75. The molecule has 6 nitrogen and oxygen atoms in total. The molecule has 3 aromatic rings. The second-order valence-corrected chi connectivity index (χ2v) is 6.74. The number of aryl methyl sites for hydroxylation is 3. The second-order valence-electron chi connectivity index (χ2n) is 6.38. The number of carbonyl (C=O) groups excluding carboxylic acids is 1. The summed E-state index contributed by atoms with van der Waals surface area (Å²) in [4.78, 5) is 16.6. The number of benzene rings is 1. The van der Waals surface area contributed by atoms with Crippen molar-refractivity contribution in [2.75, 3.05) is 6.61 Å². The number of aromatic nitrogens is 3. The molecule has 7 heteroatoms. The monoisotopic (exact) mass is 372 g/mol. The molecule has 1 atom stereocenters. The lowest BCUT2D eigenvalue weighted by atomic mass is 10.1. The number of rotatable bonds is 5. The highest BCUT2D eigenvalue weighted by atomic mass is 35.5. The Morgan fingerprint density at radius 3 is 2.69 bits per heavy atom. The smallest absolute Gasteiger partial charge is 0.258 e. The summed E-state index contributed by atoms with van der Waals surface area (Å²) < 4.78 is 7.16. The van der Waals surface area contributed by atoms with E-state index in [0.29, 0.717) is 16.7 Å². The van der Waals surface area contributed by atoms with E-state index in [4.69, 9.17) is 16.3 Å². The highest BCUT2D eigenvalue weighted by molar-refractivity contribution is 6.34. The molecule has 1 N–H and O–H groups in total. The van der Waals surface area contributed by atoms with Crippen LogP contribution in [0.25, 0.3) is 11.0 Å². The van der Waals surface area contributed by atoms with E-state index < -0.39 is 0 Å². The number of ether oxygens (including phenoxy) is 1. The first kappa shape index (κ1) is 18.2. The maximum Gasteiger partial charge on any atom is 0.258 e. The lowest BCUT2D eigenvalue weighted by Gasteiger charge is -2.15. The molecule has 26 heavy (non-hydrogen) atoms. The Kier molecular flexibility index (Phi) is 5.13. The standard InChI is InChI=1S/C19H21ClN4O2/c1-11-5-7-14(8-6-11)13(3)21-15(25)10-26-16-9-12(2)17-18(20)23-24(4)19(17)22-16/h5-9,13H,10H2,1-4H3,(H,21,25). The molecule has 3 rings (SSSR count). The fourth-order valence-corrected chi connectivity index (χ4v) is 3.13. The van der Waals surface area contributed by atoms with Crippen LogP contribution >= 0.6 is 11.6 Å². The zero-order valence-electron chi connectivity index (χ0n) is 15.2. The van der Waals surface area contributed by atoms with E-state index >= 15 is 0 Å². The number of pyridine rings is 1. The van der Waals surface area contributed by atoms with E-state index in [1.54, 1.807) is 17.8 Å². The van der Waals surface area contributed by atoms with Gasteiger partial charge in [-0.25, -0.2) is 4.68 Å². The summed E-state index contributed by atoms with van der Waals surface area (Å²) in [6.07, 6.45) is 0. The Morgan fingerprint density at radius 1 is 1.31 bits per heavy atom. The summed E-state index contributed by atoms with van der Waals surface area (Å²) in [7, 11) is 1.76. The minimum absolute atomic E-state index is 0.0974. The molecule has 1 aromatic carbocycles. The van der Waals surface area contributed by atoms with Crippen molar-refractivity contribution in [2.24, 2.45) is 7.05 Å². The maximum atomic E-state index is 12.2. The van der Waals surface area contributed by atoms with Gasteiger partial charge in [-0.05, 0) is 31.9 Å². The SMILES string of the molecule is Cc1ccc(C(C)NC(=O)COc2cc(C)c3c(Cl)nn(C)c3n2)cc1. The molecule has 0 aliphatic carbocycles. The second kappa shape index (κ2) is 7.33. The van der Waals surface area contributed by atoms with Crippen LogP contribution in [0.4, 0.5) is 0 Å². The lowest BCUT2D eigenvalue weighted by Crippen LogP contribution is -2.31. The van der Waals surface area contributed by atoms with Crippen LogP contribution in [0.5, 0.6) is 5.88 Å². The molecule has 0 aliphatic heterocycles. The molecule has 0 fully saturated rings. The average Bonchev–Trinajstić information content (AvgIpc) is 2.88. The molecule has 0 aliphatic rings. The van der Waals surface area contributed by atoms with Crippen molar-refractivity contribution in [1.82, 2.24) is 20.1 Å². The third kappa shape index (κ3) is 3.80. The Morgan fingerprint density at radius 2 is 2.00 bits per heavy atom. The number of hydrogen-bond acceptors (Lipinski definition) is 4.